The molecule has 8 heteroatoms. The number of rotatable bonds is 9. The van der Waals surface area contributed by atoms with E-state index in [1.807, 2.05) is 30.3 Å². The number of esters is 1. The van der Waals surface area contributed by atoms with Gasteiger partial charge in [0.2, 0.25) is 5.91 Å². The summed E-state index contributed by atoms with van der Waals surface area (Å²) in [6.45, 7) is -0.446. The highest BCUT2D eigenvalue weighted by molar-refractivity contribution is 5.86. The molecular formula is C20H23N3O5. The highest BCUT2D eigenvalue weighted by Gasteiger charge is 2.24. The van der Waals surface area contributed by atoms with Crippen LogP contribution in [0.25, 0.3) is 11.3 Å². The molecule has 2 amide bonds. The van der Waals surface area contributed by atoms with E-state index in [-0.39, 0.29) is 31.3 Å². The number of hydrogen-bond donors (Lipinski definition) is 1. The fourth-order valence-corrected chi connectivity index (χ4v) is 2.50. The summed E-state index contributed by atoms with van der Waals surface area (Å²) in [4.78, 5) is 40.9. The maximum absolute atomic E-state index is 12.0. The molecule has 1 aliphatic carbocycles. The Bertz CT molecular complexity index is 829. The quantitative estimate of drug-likeness (QED) is 0.657. The molecule has 0 atom stereocenters. The number of benzene rings is 1. The number of ether oxygens (including phenoxy) is 1. The van der Waals surface area contributed by atoms with Gasteiger partial charge in [0, 0.05) is 25.1 Å². The first-order valence-electron chi connectivity index (χ1n) is 9.20. The minimum Gasteiger partial charge on any atom is -0.456 e. The van der Waals surface area contributed by atoms with Crippen molar-refractivity contribution in [2.24, 2.45) is 0 Å². The van der Waals surface area contributed by atoms with Gasteiger partial charge in [-0.05, 0) is 12.8 Å². The molecule has 3 rings (SSSR count). The van der Waals surface area contributed by atoms with Crippen molar-refractivity contribution in [3.63, 3.8) is 0 Å². The van der Waals surface area contributed by atoms with Crippen molar-refractivity contribution >= 4 is 17.8 Å². The van der Waals surface area contributed by atoms with Gasteiger partial charge in [0.05, 0.1) is 19.2 Å². The third-order valence-electron chi connectivity index (χ3n) is 4.26. The largest absolute Gasteiger partial charge is 0.456 e. The summed E-state index contributed by atoms with van der Waals surface area (Å²) in [5, 5.41) is 2.80. The number of aromatic nitrogens is 1. The van der Waals surface area contributed by atoms with Crippen LogP contribution in [0.15, 0.2) is 40.9 Å². The summed E-state index contributed by atoms with van der Waals surface area (Å²) in [6, 6.07) is 9.77. The van der Waals surface area contributed by atoms with Gasteiger partial charge in [0.15, 0.2) is 18.3 Å². The second-order valence-corrected chi connectivity index (χ2v) is 6.74. The van der Waals surface area contributed by atoms with E-state index < -0.39 is 18.5 Å². The maximum atomic E-state index is 12.0. The van der Waals surface area contributed by atoms with Crippen molar-refractivity contribution in [3.8, 4) is 11.3 Å². The smallest absolute Gasteiger partial charge is 0.306 e. The summed E-state index contributed by atoms with van der Waals surface area (Å²) < 4.78 is 10.6. The number of nitrogens with zero attached hydrogens (tertiary/aromatic N) is 2. The standard InChI is InChI=1S/C20H23N3O5/c1-23(12-17(24)22-15-7-8-15)19(25)13-27-20(26)10-9-18-21-11-16(28-18)14-5-3-2-4-6-14/h2-6,11,15H,7-10,12-13H2,1H3,(H,22,24). The van der Waals surface area contributed by atoms with E-state index in [0.29, 0.717) is 11.7 Å². The Morgan fingerprint density at radius 2 is 2.00 bits per heavy atom. The molecule has 1 aliphatic rings. The zero-order valence-corrected chi connectivity index (χ0v) is 15.7. The van der Waals surface area contributed by atoms with E-state index in [0.717, 1.165) is 18.4 Å². The van der Waals surface area contributed by atoms with Gasteiger partial charge in [-0.1, -0.05) is 30.3 Å². The third kappa shape index (κ3) is 5.94. The molecule has 2 aromatic rings. The Morgan fingerprint density at radius 1 is 1.25 bits per heavy atom. The van der Waals surface area contributed by atoms with Crippen molar-refractivity contribution in [2.75, 3.05) is 20.2 Å². The van der Waals surface area contributed by atoms with Crippen LogP contribution in [0, 0.1) is 0 Å². The van der Waals surface area contributed by atoms with Crippen molar-refractivity contribution in [3.05, 3.63) is 42.4 Å². The lowest BCUT2D eigenvalue weighted by molar-refractivity contribution is -0.152. The highest BCUT2D eigenvalue weighted by atomic mass is 16.5. The van der Waals surface area contributed by atoms with Gasteiger partial charge in [0.25, 0.3) is 5.91 Å². The van der Waals surface area contributed by atoms with Gasteiger partial charge in [-0.2, -0.15) is 0 Å². The molecule has 148 valence electrons. The van der Waals surface area contributed by atoms with Crippen molar-refractivity contribution < 1.29 is 23.5 Å². The van der Waals surface area contributed by atoms with Gasteiger partial charge < -0.3 is 19.4 Å². The van der Waals surface area contributed by atoms with Gasteiger partial charge in [-0.3, -0.25) is 14.4 Å². The fourth-order valence-electron chi connectivity index (χ4n) is 2.50. The predicted octanol–water partition coefficient (Wildman–Crippen LogP) is 1.55. The number of carbonyl (C=O) groups is 3. The molecule has 0 saturated heterocycles. The number of aryl methyl sites for hydroxylation is 1. The molecule has 1 aromatic heterocycles. The van der Waals surface area contributed by atoms with Crippen LogP contribution in [-0.4, -0.2) is 53.9 Å². The van der Waals surface area contributed by atoms with E-state index in [1.54, 1.807) is 6.20 Å². The lowest BCUT2D eigenvalue weighted by Gasteiger charge is -2.16. The molecule has 0 unspecified atom stereocenters. The summed E-state index contributed by atoms with van der Waals surface area (Å²) in [6.07, 6.45) is 3.91. The van der Waals surface area contributed by atoms with Crippen LogP contribution in [0.3, 0.4) is 0 Å². The summed E-state index contributed by atoms with van der Waals surface area (Å²) in [7, 11) is 1.50. The molecule has 1 heterocycles. The second kappa shape index (κ2) is 9.16. The van der Waals surface area contributed by atoms with Gasteiger partial charge in [-0.15, -0.1) is 0 Å². The van der Waals surface area contributed by atoms with Gasteiger partial charge >= 0.3 is 5.97 Å². The lowest BCUT2D eigenvalue weighted by Crippen LogP contribution is -2.40. The molecule has 1 N–H and O–H groups in total. The third-order valence-corrected chi connectivity index (χ3v) is 4.26. The molecular weight excluding hydrogens is 362 g/mol. The zero-order valence-electron chi connectivity index (χ0n) is 15.7. The Kier molecular flexibility index (Phi) is 6.41. The van der Waals surface area contributed by atoms with Crippen molar-refractivity contribution in [2.45, 2.75) is 31.7 Å². The lowest BCUT2D eigenvalue weighted by atomic mass is 10.2. The number of hydrogen-bond acceptors (Lipinski definition) is 6. The van der Waals surface area contributed by atoms with Crippen molar-refractivity contribution in [1.29, 1.82) is 0 Å². The van der Waals surface area contributed by atoms with Crippen LogP contribution < -0.4 is 5.32 Å². The number of nitrogens with one attached hydrogen (secondary N) is 1. The van der Waals surface area contributed by atoms with E-state index in [1.165, 1.54) is 11.9 Å². The Hall–Kier alpha value is -3.16. The van der Waals surface area contributed by atoms with E-state index >= 15 is 0 Å². The minimum atomic E-state index is -0.524. The van der Waals surface area contributed by atoms with Crippen LogP contribution in [0.4, 0.5) is 0 Å². The molecule has 0 bridgehead atoms. The molecule has 8 nitrogen and oxygen atoms in total. The number of carbonyl (C=O) groups excluding carboxylic acids is 3. The van der Waals surface area contributed by atoms with Crippen molar-refractivity contribution in [1.82, 2.24) is 15.2 Å². The minimum absolute atomic E-state index is 0.0495. The van der Waals surface area contributed by atoms with E-state index in [9.17, 15) is 14.4 Å². The Balaban J connectivity index is 1.36. The maximum Gasteiger partial charge on any atom is 0.306 e. The normalized spacial score (nSPS) is 13.0. The van der Waals surface area contributed by atoms with E-state index in [4.69, 9.17) is 9.15 Å². The predicted molar refractivity (Wildman–Crippen MR) is 100 cm³/mol. The topological polar surface area (TPSA) is 102 Å². The molecule has 0 radical (unpaired) electrons. The molecule has 0 aliphatic heterocycles. The van der Waals surface area contributed by atoms with Crippen LogP contribution in [0.1, 0.15) is 25.2 Å². The monoisotopic (exact) mass is 385 g/mol. The molecule has 1 aromatic carbocycles. The van der Waals surface area contributed by atoms with Gasteiger partial charge in [0.1, 0.15) is 0 Å². The summed E-state index contributed by atoms with van der Waals surface area (Å²) in [5.74, 6) is -0.102. The molecule has 0 spiro atoms. The molecule has 1 saturated carbocycles. The number of oxazole rings is 1. The average molecular weight is 385 g/mol. The first-order chi connectivity index (χ1) is 13.5. The zero-order chi connectivity index (χ0) is 19.9. The Labute approximate surface area is 162 Å². The highest BCUT2D eigenvalue weighted by Crippen LogP contribution is 2.20. The van der Waals surface area contributed by atoms with Crippen LogP contribution >= 0.6 is 0 Å². The fraction of sp³-hybridized carbons (Fsp3) is 0.400. The second-order valence-electron chi connectivity index (χ2n) is 6.74. The molecule has 28 heavy (non-hydrogen) atoms. The van der Waals surface area contributed by atoms with Crippen LogP contribution in [0.2, 0.25) is 0 Å². The number of amides is 2. The summed E-state index contributed by atoms with van der Waals surface area (Å²) >= 11 is 0. The average Bonchev–Trinajstić information content (AvgIpc) is 3.37. The molecule has 1 fully saturated rings. The van der Waals surface area contributed by atoms with Crippen LogP contribution in [-0.2, 0) is 25.5 Å². The van der Waals surface area contributed by atoms with E-state index in [2.05, 4.69) is 10.3 Å². The first kappa shape index (κ1) is 19.6. The summed E-state index contributed by atoms with van der Waals surface area (Å²) in [5.41, 5.74) is 0.906. The van der Waals surface area contributed by atoms with Crippen LogP contribution in [0.5, 0.6) is 0 Å². The SMILES string of the molecule is CN(CC(=O)NC1CC1)C(=O)COC(=O)CCc1ncc(-c2ccccc2)o1. The first-order valence-corrected chi connectivity index (χ1v) is 9.20. The number of likely N-dealkylation sites (N-methyl/N-ethyl adjacent to an activating group) is 1. The van der Waals surface area contributed by atoms with Gasteiger partial charge in [-0.25, -0.2) is 4.98 Å². The Morgan fingerprint density at radius 3 is 2.71 bits per heavy atom.